The first-order chi connectivity index (χ1) is 12.8. The zero-order valence-corrected chi connectivity index (χ0v) is 16.1. The topological polar surface area (TPSA) is 41.6 Å². The minimum Gasteiger partial charge on any atom is -0.379 e. The molecule has 5 heteroatoms. The SMILES string of the molecule is CSCc1ccc(C(=O)NCc2ccccc2CN2CCOCC2)cc1. The molecule has 1 N–H and O–H groups in total. The molecule has 4 nitrogen and oxygen atoms in total. The Morgan fingerprint density at radius 1 is 1.08 bits per heavy atom. The Balaban J connectivity index is 1.59. The van der Waals surface area contributed by atoms with Crippen LogP contribution in [0.15, 0.2) is 48.5 Å². The zero-order chi connectivity index (χ0) is 18.2. The van der Waals surface area contributed by atoms with Crippen molar-refractivity contribution in [3.63, 3.8) is 0 Å². The molecule has 0 spiro atoms. The quantitative estimate of drug-likeness (QED) is 0.812. The van der Waals surface area contributed by atoms with E-state index in [9.17, 15) is 4.79 Å². The van der Waals surface area contributed by atoms with Gasteiger partial charge in [0, 0.05) is 37.5 Å². The van der Waals surface area contributed by atoms with Gasteiger partial charge in [-0.1, -0.05) is 36.4 Å². The summed E-state index contributed by atoms with van der Waals surface area (Å²) in [5, 5.41) is 3.06. The number of rotatable bonds is 7. The van der Waals surface area contributed by atoms with Gasteiger partial charge < -0.3 is 10.1 Å². The molecule has 0 radical (unpaired) electrons. The van der Waals surface area contributed by atoms with E-state index in [1.165, 1.54) is 16.7 Å². The molecule has 0 aliphatic carbocycles. The second-order valence-corrected chi connectivity index (χ2v) is 7.34. The molecule has 2 aromatic carbocycles. The van der Waals surface area contributed by atoms with E-state index in [0.717, 1.165) is 38.6 Å². The Bertz CT molecular complexity index is 712. The molecule has 1 aliphatic heterocycles. The molecular weight excluding hydrogens is 344 g/mol. The number of benzene rings is 2. The number of morpholine rings is 1. The standard InChI is InChI=1S/C21H26N2O2S/c1-26-16-17-6-8-18(9-7-17)21(24)22-14-19-4-2-3-5-20(19)15-23-10-12-25-13-11-23/h2-9H,10-16H2,1H3,(H,22,24). The van der Waals surface area contributed by atoms with Crippen molar-refractivity contribution in [2.75, 3.05) is 32.6 Å². The van der Waals surface area contributed by atoms with Gasteiger partial charge in [0.05, 0.1) is 13.2 Å². The highest BCUT2D eigenvalue weighted by Crippen LogP contribution is 2.14. The van der Waals surface area contributed by atoms with Gasteiger partial charge in [-0.3, -0.25) is 9.69 Å². The summed E-state index contributed by atoms with van der Waals surface area (Å²) in [7, 11) is 0. The summed E-state index contributed by atoms with van der Waals surface area (Å²) >= 11 is 1.78. The molecule has 26 heavy (non-hydrogen) atoms. The molecule has 3 rings (SSSR count). The summed E-state index contributed by atoms with van der Waals surface area (Å²) in [5.41, 5.74) is 4.39. The number of carbonyl (C=O) groups excluding carboxylic acids is 1. The lowest BCUT2D eigenvalue weighted by molar-refractivity contribution is 0.0340. The Hall–Kier alpha value is -1.82. The van der Waals surface area contributed by atoms with E-state index in [-0.39, 0.29) is 5.91 Å². The maximum absolute atomic E-state index is 12.4. The first kappa shape index (κ1) is 19.0. The van der Waals surface area contributed by atoms with Crippen LogP contribution in [0.2, 0.25) is 0 Å². The molecule has 138 valence electrons. The first-order valence-corrected chi connectivity index (χ1v) is 10.4. The molecule has 1 heterocycles. The van der Waals surface area contributed by atoms with Crippen molar-refractivity contribution >= 4 is 17.7 Å². The van der Waals surface area contributed by atoms with Crippen molar-refractivity contribution in [3.05, 3.63) is 70.8 Å². The third kappa shape index (κ3) is 5.34. The van der Waals surface area contributed by atoms with Crippen LogP contribution in [0.4, 0.5) is 0 Å². The Kier molecular flexibility index (Phi) is 7.12. The highest BCUT2D eigenvalue weighted by atomic mass is 32.2. The number of carbonyl (C=O) groups is 1. The maximum Gasteiger partial charge on any atom is 0.251 e. The fourth-order valence-electron chi connectivity index (χ4n) is 3.08. The van der Waals surface area contributed by atoms with Crippen molar-refractivity contribution < 1.29 is 9.53 Å². The van der Waals surface area contributed by atoms with Gasteiger partial charge in [0.1, 0.15) is 0 Å². The molecule has 2 aromatic rings. The van der Waals surface area contributed by atoms with Crippen LogP contribution in [0.1, 0.15) is 27.0 Å². The monoisotopic (exact) mass is 370 g/mol. The van der Waals surface area contributed by atoms with Crippen LogP contribution in [0, 0.1) is 0 Å². The summed E-state index contributed by atoms with van der Waals surface area (Å²) in [6.45, 7) is 4.97. The van der Waals surface area contributed by atoms with E-state index in [1.54, 1.807) is 11.8 Å². The molecule has 1 fully saturated rings. The fourth-order valence-corrected chi connectivity index (χ4v) is 3.61. The largest absolute Gasteiger partial charge is 0.379 e. The van der Waals surface area contributed by atoms with E-state index in [1.807, 2.05) is 30.3 Å². The lowest BCUT2D eigenvalue weighted by Crippen LogP contribution is -2.36. The molecule has 0 unspecified atom stereocenters. The summed E-state index contributed by atoms with van der Waals surface area (Å²) < 4.78 is 5.42. The second-order valence-electron chi connectivity index (χ2n) is 6.47. The van der Waals surface area contributed by atoms with Crippen molar-refractivity contribution in [3.8, 4) is 0 Å². The number of thioether (sulfide) groups is 1. The van der Waals surface area contributed by atoms with E-state index in [4.69, 9.17) is 4.74 Å². The van der Waals surface area contributed by atoms with Gasteiger partial charge in [-0.05, 0) is 35.1 Å². The van der Waals surface area contributed by atoms with Gasteiger partial charge in [0.15, 0.2) is 0 Å². The predicted octanol–water partition coefficient (Wildman–Crippen LogP) is 3.31. The van der Waals surface area contributed by atoms with Crippen LogP contribution in [-0.2, 0) is 23.6 Å². The lowest BCUT2D eigenvalue weighted by atomic mass is 10.1. The average Bonchev–Trinajstić information content (AvgIpc) is 2.69. The molecule has 0 atom stereocenters. The number of hydrogen-bond acceptors (Lipinski definition) is 4. The van der Waals surface area contributed by atoms with Crippen molar-refractivity contribution in [1.29, 1.82) is 0 Å². The van der Waals surface area contributed by atoms with Gasteiger partial charge >= 0.3 is 0 Å². The highest BCUT2D eigenvalue weighted by Gasteiger charge is 2.13. The number of nitrogens with one attached hydrogen (secondary N) is 1. The van der Waals surface area contributed by atoms with E-state index < -0.39 is 0 Å². The number of hydrogen-bond donors (Lipinski definition) is 1. The van der Waals surface area contributed by atoms with Gasteiger partial charge in [0.25, 0.3) is 5.91 Å². The van der Waals surface area contributed by atoms with Gasteiger partial charge in [-0.25, -0.2) is 0 Å². The van der Waals surface area contributed by atoms with Crippen molar-refractivity contribution in [1.82, 2.24) is 10.2 Å². The van der Waals surface area contributed by atoms with E-state index in [0.29, 0.717) is 12.1 Å². The Morgan fingerprint density at radius 3 is 2.46 bits per heavy atom. The third-order valence-corrected chi connectivity index (χ3v) is 5.20. The minimum absolute atomic E-state index is 0.0260. The van der Waals surface area contributed by atoms with Gasteiger partial charge in [-0.2, -0.15) is 11.8 Å². The molecule has 0 aromatic heterocycles. The van der Waals surface area contributed by atoms with Crippen LogP contribution in [0.25, 0.3) is 0 Å². The van der Waals surface area contributed by atoms with Crippen LogP contribution < -0.4 is 5.32 Å². The Labute approximate surface area is 159 Å². The molecule has 0 bridgehead atoms. The van der Waals surface area contributed by atoms with Crippen LogP contribution >= 0.6 is 11.8 Å². The normalized spacial score (nSPS) is 15.0. The highest BCUT2D eigenvalue weighted by molar-refractivity contribution is 7.97. The van der Waals surface area contributed by atoms with Crippen LogP contribution in [0.3, 0.4) is 0 Å². The van der Waals surface area contributed by atoms with Crippen LogP contribution in [0.5, 0.6) is 0 Å². The summed E-state index contributed by atoms with van der Waals surface area (Å²) in [5.74, 6) is 0.943. The van der Waals surface area contributed by atoms with Gasteiger partial charge in [-0.15, -0.1) is 0 Å². The molecule has 1 amide bonds. The summed E-state index contributed by atoms with van der Waals surface area (Å²) in [4.78, 5) is 14.8. The summed E-state index contributed by atoms with van der Waals surface area (Å²) in [6, 6.07) is 16.2. The minimum atomic E-state index is -0.0260. The molecular formula is C21H26N2O2S. The first-order valence-electron chi connectivity index (χ1n) is 8.99. The average molecular weight is 371 g/mol. The fraction of sp³-hybridized carbons (Fsp3) is 0.381. The predicted molar refractivity (Wildman–Crippen MR) is 107 cm³/mol. The van der Waals surface area contributed by atoms with Gasteiger partial charge in [0.2, 0.25) is 0 Å². The third-order valence-electron chi connectivity index (χ3n) is 4.58. The molecule has 0 saturated carbocycles. The van der Waals surface area contributed by atoms with Crippen LogP contribution in [-0.4, -0.2) is 43.4 Å². The smallest absolute Gasteiger partial charge is 0.251 e. The number of amides is 1. The molecule has 1 aliphatic rings. The van der Waals surface area contributed by atoms with Crippen molar-refractivity contribution in [2.24, 2.45) is 0 Å². The van der Waals surface area contributed by atoms with E-state index in [2.05, 4.69) is 34.7 Å². The zero-order valence-electron chi connectivity index (χ0n) is 15.2. The maximum atomic E-state index is 12.4. The second kappa shape index (κ2) is 9.76. The lowest BCUT2D eigenvalue weighted by Gasteiger charge is -2.27. The molecule has 1 saturated heterocycles. The van der Waals surface area contributed by atoms with Crippen molar-refractivity contribution in [2.45, 2.75) is 18.8 Å². The number of nitrogens with zero attached hydrogens (tertiary/aromatic N) is 1. The number of ether oxygens (including phenoxy) is 1. The van der Waals surface area contributed by atoms with E-state index >= 15 is 0 Å². The summed E-state index contributed by atoms with van der Waals surface area (Å²) in [6.07, 6.45) is 2.08. The Morgan fingerprint density at radius 2 is 1.77 bits per heavy atom.